The molecular weight excluding hydrogens is 278 g/mol. The summed E-state index contributed by atoms with van der Waals surface area (Å²) in [6.07, 6.45) is 0.967. The molecule has 1 unspecified atom stereocenters. The zero-order chi connectivity index (χ0) is 15.4. The SMILES string of the molecule is CNC(Cc1ccc(C(C)C)cc1)c1cc(C)cc(Cl)c1. The standard InChI is InChI=1S/C19H24ClN/c1-13(2)16-7-5-15(6-8-16)11-19(21-4)17-9-14(3)10-18(20)12-17/h5-10,12-13,19,21H,11H2,1-4H3. The minimum absolute atomic E-state index is 0.285. The molecule has 0 amide bonds. The van der Waals surface area contributed by atoms with Crippen LogP contribution in [0.3, 0.4) is 0 Å². The highest BCUT2D eigenvalue weighted by Crippen LogP contribution is 2.24. The van der Waals surface area contributed by atoms with Crippen LogP contribution in [0.15, 0.2) is 42.5 Å². The molecule has 0 aromatic heterocycles. The zero-order valence-electron chi connectivity index (χ0n) is 13.3. The first-order valence-electron chi connectivity index (χ1n) is 7.52. The van der Waals surface area contributed by atoms with Gasteiger partial charge in [0, 0.05) is 11.1 Å². The number of halogens is 1. The van der Waals surface area contributed by atoms with Crippen molar-refractivity contribution >= 4 is 11.6 Å². The third-order valence-corrected chi connectivity index (χ3v) is 4.12. The van der Waals surface area contributed by atoms with E-state index in [0.717, 1.165) is 11.4 Å². The van der Waals surface area contributed by atoms with Crippen LogP contribution in [-0.2, 0) is 6.42 Å². The molecule has 2 heteroatoms. The fourth-order valence-electron chi connectivity index (χ4n) is 2.63. The number of hydrogen-bond donors (Lipinski definition) is 1. The van der Waals surface area contributed by atoms with E-state index in [1.165, 1.54) is 22.3 Å². The van der Waals surface area contributed by atoms with Crippen molar-refractivity contribution in [1.82, 2.24) is 5.32 Å². The maximum absolute atomic E-state index is 6.18. The van der Waals surface area contributed by atoms with E-state index in [0.29, 0.717) is 5.92 Å². The van der Waals surface area contributed by atoms with Gasteiger partial charge < -0.3 is 5.32 Å². The Balaban J connectivity index is 2.18. The number of rotatable bonds is 5. The molecule has 2 rings (SSSR count). The quantitative estimate of drug-likeness (QED) is 0.792. The van der Waals surface area contributed by atoms with E-state index in [9.17, 15) is 0 Å². The summed E-state index contributed by atoms with van der Waals surface area (Å²) < 4.78 is 0. The summed E-state index contributed by atoms with van der Waals surface area (Å²) in [5.74, 6) is 0.578. The van der Waals surface area contributed by atoms with Crippen molar-refractivity contribution in [2.75, 3.05) is 7.05 Å². The third-order valence-electron chi connectivity index (χ3n) is 3.90. The molecule has 0 heterocycles. The lowest BCUT2D eigenvalue weighted by molar-refractivity contribution is 0.591. The Morgan fingerprint density at radius 1 is 1.00 bits per heavy atom. The molecule has 0 radical (unpaired) electrons. The summed E-state index contributed by atoms with van der Waals surface area (Å²) in [6, 6.07) is 15.5. The minimum atomic E-state index is 0.285. The van der Waals surface area contributed by atoms with E-state index in [4.69, 9.17) is 11.6 Å². The van der Waals surface area contributed by atoms with E-state index in [2.05, 4.69) is 62.5 Å². The van der Waals surface area contributed by atoms with Gasteiger partial charge in [-0.05, 0) is 60.7 Å². The van der Waals surface area contributed by atoms with Gasteiger partial charge in [0.2, 0.25) is 0 Å². The molecule has 0 bridgehead atoms. The van der Waals surface area contributed by atoms with Gasteiger partial charge in [0.15, 0.2) is 0 Å². The van der Waals surface area contributed by atoms with Crippen LogP contribution in [0.1, 0.15) is 48.1 Å². The third kappa shape index (κ3) is 4.33. The van der Waals surface area contributed by atoms with Crippen molar-refractivity contribution in [1.29, 1.82) is 0 Å². The molecule has 0 spiro atoms. The largest absolute Gasteiger partial charge is 0.313 e. The number of likely N-dealkylation sites (N-methyl/N-ethyl adjacent to an activating group) is 1. The van der Waals surface area contributed by atoms with E-state index in [1.54, 1.807) is 0 Å². The van der Waals surface area contributed by atoms with Crippen molar-refractivity contribution < 1.29 is 0 Å². The van der Waals surface area contributed by atoms with Crippen LogP contribution < -0.4 is 5.32 Å². The molecule has 0 aliphatic heterocycles. The van der Waals surface area contributed by atoms with Crippen LogP contribution in [0, 0.1) is 6.92 Å². The van der Waals surface area contributed by atoms with Crippen LogP contribution in [-0.4, -0.2) is 7.05 Å². The molecular formula is C19H24ClN. The van der Waals surface area contributed by atoms with Crippen LogP contribution in [0.5, 0.6) is 0 Å². The first kappa shape index (κ1) is 16.1. The smallest absolute Gasteiger partial charge is 0.0411 e. The molecule has 0 saturated carbocycles. The van der Waals surface area contributed by atoms with Crippen molar-refractivity contribution in [3.05, 3.63) is 69.7 Å². The van der Waals surface area contributed by atoms with Crippen LogP contribution in [0.25, 0.3) is 0 Å². The first-order chi connectivity index (χ1) is 9.99. The Labute approximate surface area is 133 Å². The Hall–Kier alpha value is -1.31. The summed E-state index contributed by atoms with van der Waals surface area (Å²) in [7, 11) is 2.00. The van der Waals surface area contributed by atoms with Gasteiger partial charge in [-0.2, -0.15) is 0 Å². The van der Waals surface area contributed by atoms with Gasteiger partial charge in [-0.3, -0.25) is 0 Å². The van der Waals surface area contributed by atoms with Crippen LogP contribution in [0.2, 0.25) is 5.02 Å². The van der Waals surface area contributed by atoms with E-state index in [1.807, 2.05) is 13.1 Å². The Morgan fingerprint density at radius 3 is 2.19 bits per heavy atom. The Morgan fingerprint density at radius 2 is 1.67 bits per heavy atom. The van der Waals surface area contributed by atoms with E-state index >= 15 is 0 Å². The summed E-state index contributed by atoms with van der Waals surface area (Å²) >= 11 is 6.18. The average Bonchev–Trinajstić information content (AvgIpc) is 2.44. The summed E-state index contributed by atoms with van der Waals surface area (Å²) in [5.41, 5.74) is 5.18. The lowest BCUT2D eigenvalue weighted by Crippen LogP contribution is -2.19. The summed E-state index contributed by atoms with van der Waals surface area (Å²) in [5, 5.41) is 4.21. The number of hydrogen-bond acceptors (Lipinski definition) is 1. The molecule has 112 valence electrons. The van der Waals surface area contributed by atoms with Crippen molar-refractivity contribution in [3.63, 3.8) is 0 Å². The number of nitrogens with one attached hydrogen (secondary N) is 1. The van der Waals surface area contributed by atoms with Gasteiger partial charge in [0.1, 0.15) is 0 Å². The first-order valence-corrected chi connectivity index (χ1v) is 7.90. The lowest BCUT2D eigenvalue weighted by atomic mass is 9.95. The molecule has 0 aliphatic carbocycles. The van der Waals surface area contributed by atoms with Gasteiger partial charge in [-0.1, -0.05) is 55.8 Å². The summed E-state index contributed by atoms with van der Waals surface area (Å²) in [6.45, 7) is 6.53. The van der Waals surface area contributed by atoms with Crippen LogP contribution in [0.4, 0.5) is 0 Å². The normalized spacial score (nSPS) is 12.7. The molecule has 21 heavy (non-hydrogen) atoms. The lowest BCUT2D eigenvalue weighted by Gasteiger charge is -2.18. The maximum atomic E-state index is 6.18. The minimum Gasteiger partial charge on any atom is -0.313 e. The van der Waals surface area contributed by atoms with Crippen molar-refractivity contribution in [2.24, 2.45) is 0 Å². The summed E-state index contributed by atoms with van der Waals surface area (Å²) in [4.78, 5) is 0. The van der Waals surface area contributed by atoms with E-state index in [-0.39, 0.29) is 6.04 Å². The van der Waals surface area contributed by atoms with Gasteiger partial charge in [0.25, 0.3) is 0 Å². The predicted octanol–water partition coefficient (Wildman–Crippen LogP) is 5.28. The zero-order valence-corrected chi connectivity index (χ0v) is 14.0. The average molecular weight is 302 g/mol. The van der Waals surface area contributed by atoms with E-state index < -0.39 is 0 Å². The Bertz CT molecular complexity index is 567. The maximum Gasteiger partial charge on any atom is 0.0411 e. The monoisotopic (exact) mass is 301 g/mol. The van der Waals surface area contributed by atoms with Gasteiger partial charge in [-0.15, -0.1) is 0 Å². The molecule has 1 nitrogen and oxygen atoms in total. The van der Waals surface area contributed by atoms with Gasteiger partial charge >= 0.3 is 0 Å². The second kappa shape index (κ2) is 7.11. The van der Waals surface area contributed by atoms with Crippen LogP contribution >= 0.6 is 11.6 Å². The predicted molar refractivity (Wildman–Crippen MR) is 92.2 cm³/mol. The van der Waals surface area contributed by atoms with Gasteiger partial charge in [-0.25, -0.2) is 0 Å². The fraction of sp³-hybridized carbons (Fsp3) is 0.368. The highest BCUT2D eigenvalue weighted by atomic mass is 35.5. The Kier molecular flexibility index (Phi) is 5.44. The fourth-order valence-corrected chi connectivity index (χ4v) is 2.92. The molecule has 2 aromatic carbocycles. The second-order valence-corrected chi connectivity index (χ2v) is 6.44. The number of aryl methyl sites for hydroxylation is 1. The second-order valence-electron chi connectivity index (χ2n) is 6.00. The highest BCUT2D eigenvalue weighted by Gasteiger charge is 2.11. The highest BCUT2D eigenvalue weighted by molar-refractivity contribution is 6.30. The van der Waals surface area contributed by atoms with Crippen molar-refractivity contribution in [2.45, 2.75) is 39.2 Å². The molecule has 1 N–H and O–H groups in total. The topological polar surface area (TPSA) is 12.0 Å². The van der Waals surface area contributed by atoms with Gasteiger partial charge in [0.05, 0.1) is 0 Å². The molecule has 1 atom stereocenters. The van der Waals surface area contributed by atoms with Crippen molar-refractivity contribution in [3.8, 4) is 0 Å². The molecule has 0 fully saturated rings. The molecule has 0 aliphatic rings. The molecule has 2 aromatic rings. The number of benzene rings is 2. The molecule has 0 saturated heterocycles.